The SMILES string of the molecule is O=C(O)C1CN(S(=O)(=O)c2ccc(Cl)s2)C1.[Li]. The van der Waals surface area contributed by atoms with E-state index >= 15 is 0 Å². The third-order valence-electron chi connectivity index (χ3n) is 2.34. The molecule has 1 radical (unpaired) electrons. The minimum atomic E-state index is -3.54. The van der Waals surface area contributed by atoms with Gasteiger partial charge < -0.3 is 5.11 Å². The third kappa shape index (κ3) is 2.87. The Balaban J connectivity index is 0.00000144. The van der Waals surface area contributed by atoms with E-state index in [2.05, 4.69) is 0 Å². The molecule has 0 amide bonds. The van der Waals surface area contributed by atoms with Crippen molar-refractivity contribution in [1.29, 1.82) is 0 Å². The van der Waals surface area contributed by atoms with Crippen LogP contribution in [0.2, 0.25) is 4.34 Å². The molecular weight excluding hydrogens is 281 g/mol. The zero-order valence-electron chi connectivity index (χ0n) is 8.96. The van der Waals surface area contributed by atoms with Crippen molar-refractivity contribution in [1.82, 2.24) is 4.31 Å². The average Bonchev–Trinajstić information content (AvgIpc) is 2.47. The maximum atomic E-state index is 11.9. The number of sulfonamides is 1. The second-order valence-corrected chi connectivity index (χ2v) is 7.30. The maximum absolute atomic E-state index is 11.9. The topological polar surface area (TPSA) is 74.7 Å². The molecule has 0 aromatic carbocycles. The molecule has 0 atom stereocenters. The van der Waals surface area contributed by atoms with Crippen LogP contribution in [-0.4, -0.2) is 55.7 Å². The Bertz CT molecular complexity index is 523. The van der Waals surface area contributed by atoms with Gasteiger partial charge in [0.1, 0.15) is 4.21 Å². The predicted molar refractivity (Wildman–Crippen MR) is 65.0 cm³/mol. The van der Waals surface area contributed by atoms with Gasteiger partial charge in [0, 0.05) is 32.0 Å². The van der Waals surface area contributed by atoms with Crippen molar-refractivity contribution in [3.63, 3.8) is 0 Å². The number of rotatable bonds is 3. The maximum Gasteiger partial charge on any atom is 0.309 e. The van der Waals surface area contributed by atoms with E-state index in [1.807, 2.05) is 0 Å². The van der Waals surface area contributed by atoms with Crippen molar-refractivity contribution in [2.24, 2.45) is 5.92 Å². The number of hydrogen-bond acceptors (Lipinski definition) is 4. The smallest absolute Gasteiger partial charge is 0.309 e. The molecule has 2 heterocycles. The summed E-state index contributed by atoms with van der Waals surface area (Å²) in [4.78, 5) is 10.6. The molecule has 89 valence electrons. The van der Waals surface area contributed by atoms with Crippen LogP contribution in [0.25, 0.3) is 0 Å². The predicted octanol–water partition coefficient (Wildman–Crippen LogP) is 0.726. The molecule has 17 heavy (non-hydrogen) atoms. The van der Waals surface area contributed by atoms with Crippen LogP contribution in [0.3, 0.4) is 0 Å². The third-order valence-corrected chi connectivity index (χ3v) is 5.87. The van der Waals surface area contributed by atoms with Crippen LogP contribution in [0.15, 0.2) is 16.3 Å². The van der Waals surface area contributed by atoms with Gasteiger partial charge in [-0.1, -0.05) is 11.6 Å². The largest absolute Gasteiger partial charge is 0.481 e. The van der Waals surface area contributed by atoms with Crippen LogP contribution < -0.4 is 0 Å². The van der Waals surface area contributed by atoms with Gasteiger partial charge in [-0.05, 0) is 12.1 Å². The van der Waals surface area contributed by atoms with Gasteiger partial charge in [0.05, 0.1) is 10.3 Å². The molecule has 1 aromatic heterocycles. The van der Waals surface area contributed by atoms with Crippen molar-refractivity contribution in [3.8, 4) is 0 Å². The molecule has 2 rings (SSSR count). The summed E-state index contributed by atoms with van der Waals surface area (Å²) in [5.74, 6) is -1.55. The number of thiophene rings is 1. The normalized spacial score (nSPS) is 17.2. The van der Waals surface area contributed by atoms with E-state index in [-0.39, 0.29) is 36.2 Å². The Labute approximate surface area is 120 Å². The van der Waals surface area contributed by atoms with Crippen LogP contribution >= 0.6 is 22.9 Å². The fraction of sp³-hybridized carbons (Fsp3) is 0.375. The van der Waals surface area contributed by atoms with E-state index in [4.69, 9.17) is 16.7 Å². The molecule has 0 unspecified atom stereocenters. The summed E-state index contributed by atoms with van der Waals surface area (Å²) in [5.41, 5.74) is 0. The molecule has 1 N–H and O–H groups in total. The van der Waals surface area contributed by atoms with Gasteiger partial charge in [-0.3, -0.25) is 4.79 Å². The number of carboxylic acids is 1. The van der Waals surface area contributed by atoms with Crippen molar-refractivity contribution in [2.45, 2.75) is 4.21 Å². The van der Waals surface area contributed by atoms with Crippen molar-refractivity contribution < 1.29 is 18.3 Å². The summed E-state index contributed by atoms with van der Waals surface area (Å²) < 4.78 is 25.5. The van der Waals surface area contributed by atoms with E-state index in [1.54, 1.807) is 0 Å². The first-order chi connectivity index (χ1) is 7.41. The van der Waals surface area contributed by atoms with E-state index in [9.17, 15) is 13.2 Å². The summed E-state index contributed by atoms with van der Waals surface area (Å²) in [6.07, 6.45) is 0. The van der Waals surface area contributed by atoms with Crippen molar-refractivity contribution in [3.05, 3.63) is 16.5 Å². The Hall–Kier alpha value is -0.0326. The van der Waals surface area contributed by atoms with E-state index in [1.165, 1.54) is 12.1 Å². The molecule has 1 aliphatic rings. The minimum Gasteiger partial charge on any atom is -0.481 e. The zero-order chi connectivity index (χ0) is 11.9. The van der Waals surface area contributed by atoms with E-state index in [0.717, 1.165) is 15.6 Å². The molecule has 1 aliphatic heterocycles. The Kier molecular flexibility index (Phi) is 4.69. The van der Waals surface area contributed by atoms with E-state index < -0.39 is 21.9 Å². The number of hydrogen-bond donors (Lipinski definition) is 1. The number of halogens is 1. The van der Waals surface area contributed by atoms with Gasteiger partial charge in [0.25, 0.3) is 10.0 Å². The number of carbonyl (C=O) groups is 1. The molecule has 0 bridgehead atoms. The summed E-state index contributed by atoms with van der Waals surface area (Å²) in [7, 11) is -3.54. The first-order valence-corrected chi connectivity index (χ1v) is 7.03. The number of nitrogens with zero attached hydrogens (tertiary/aromatic N) is 1. The molecule has 5 nitrogen and oxygen atoms in total. The average molecular weight is 289 g/mol. The summed E-state index contributed by atoms with van der Waals surface area (Å²) in [6.45, 7) is 0.0698. The van der Waals surface area contributed by atoms with Crippen LogP contribution in [0, 0.1) is 5.92 Å². The van der Waals surface area contributed by atoms with E-state index in [0.29, 0.717) is 4.34 Å². The van der Waals surface area contributed by atoms with Gasteiger partial charge in [0.2, 0.25) is 0 Å². The molecule has 1 fully saturated rings. The monoisotopic (exact) mass is 288 g/mol. The van der Waals surface area contributed by atoms with Gasteiger partial charge in [-0.2, -0.15) is 4.31 Å². The van der Waals surface area contributed by atoms with Crippen LogP contribution in [-0.2, 0) is 14.8 Å². The van der Waals surface area contributed by atoms with Crippen LogP contribution in [0.1, 0.15) is 0 Å². The molecule has 9 heteroatoms. The quantitative estimate of drug-likeness (QED) is 0.832. The number of aliphatic carboxylic acids is 1. The molecule has 1 aromatic rings. The number of carboxylic acid groups (broad SMARTS) is 1. The first-order valence-electron chi connectivity index (χ1n) is 4.39. The van der Waals surface area contributed by atoms with Gasteiger partial charge in [0.15, 0.2) is 0 Å². The molecule has 1 saturated heterocycles. The summed E-state index contributed by atoms with van der Waals surface area (Å²) >= 11 is 6.62. The molecule has 0 spiro atoms. The van der Waals surface area contributed by atoms with Crippen molar-refractivity contribution in [2.75, 3.05) is 13.1 Å². The van der Waals surface area contributed by atoms with Crippen molar-refractivity contribution >= 4 is 57.8 Å². The Morgan fingerprint density at radius 3 is 2.47 bits per heavy atom. The Morgan fingerprint density at radius 2 is 2.06 bits per heavy atom. The Morgan fingerprint density at radius 1 is 1.47 bits per heavy atom. The fourth-order valence-electron chi connectivity index (χ4n) is 1.35. The van der Waals surface area contributed by atoms with Gasteiger partial charge >= 0.3 is 5.97 Å². The second kappa shape index (κ2) is 5.30. The second-order valence-electron chi connectivity index (χ2n) is 3.42. The summed E-state index contributed by atoms with van der Waals surface area (Å²) in [5, 5.41) is 8.65. The fourth-order valence-corrected chi connectivity index (χ4v) is 4.52. The minimum absolute atomic E-state index is 0. The van der Waals surface area contributed by atoms with Gasteiger partial charge in [-0.15, -0.1) is 11.3 Å². The molecule has 0 saturated carbocycles. The standard InChI is InChI=1S/C8H8ClNO4S2.Li/c9-6-1-2-7(15-6)16(13,14)10-3-5(4-10)8(11)12;/h1-2,5H,3-4H2,(H,11,12);. The zero-order valence-corrected chi connectivity index (χ0v) is 11.3. The van der Waals surface area contributed by atoms with Gasteiger partial charge in [-0.25, -0.2) is 8.42 Å². The van der Waals surface area contributed by atoms with Crippen LogP contribution in [0.5, 0.6) is 0 Å². The van der Waals surface area contributed by atoms with Crippen LogP contribution in [0.4, 0.5) is 0 Å². The first kappa shape index (κ1) is 15.0. The summed E-state index contributed by atoms with van der Waals surface area (Å²) in [6, 6.07) is 2.93. The molecule has 0 aliphatic carbocycles. The molecular formula is C8H8ClLiNO4S2.